The molecule has 0 radical (unpaired) electrons. The summed E-state index contributed by atoms with van der Waals surface area (Å²) in [5, 5.41) is 18.5. The number of amides is 1. The molecule has 1 unspecified atom stereocenters. The Morgan fingerprint density at radius 2 is 2.05 bits per heavy atom. The third-order valence-corrected chi connectivity index (χ3v) is 7.13. The maximum atomic E-state index is 14.6. The van der Waals surface area contributed by atoms with Crippen LogP contribution in [0.3, 0.4) is 0 Å². The van der Waals surface area contributed by atoms with Gasteiger partial charge in [-0.2, -0.15) is 10.2 Å². The van der Waals surface area contributed by atoms with Crippen LogP contribution in [-0.4, -0.2) is 54.7 Å². The number of fused-ring (bicyclic) bond motifs is 1. The van der Waals surface area contributed by atoms with Crippen LogP contribution in [0.15, 0.2) is 30.3 Å². The molecule has 3 heterocycles. The molecule has 0 saturated carbocycles. The molecule has 5 rings (SSSR count). The van der Waals surface area contributed by atoms with E-state index < -0.39 is 5.82 Å². The van der Waals surface area contributed by atoms with Crippen LogP contribution in [0.2, 0.25) is 0 Å². The number of methoxy groups -OCH3 is 1. The number of anilines is 3. The van der Waals surface area contributed by atoms with Crippen molar-refractivity contribution in [3.05, 3.63) is 47.3 Å². The highest BCUT2D eigenvalue weighted by Gasteiger charge is 2.31. The quantitative estimate of drug-likeness (QED) is 0.469. The van der Waals surface area contributed by atoms with Gasteiger partial charge in [0.2, 0.25) is 5.95 Å². The Kier molecular flexibility index (Phi) is 7.17. The maximum Gasteiger partial charge on any atom is 0.327 e. The molecule has 1 atom stereocenters. The molecule has 4 N–H and O–H groups in total. The molecule has 0 aliphatic carbocycles. The zero-order valence-electron chi connectivity index (χ0n) is 21.1. The predicted octanol–water partition coefficient (Wildman–Crippen LogP) is 2.51. The summed E-state index contributed by atoms with van der Waals surface area (Å²) in [5.41, 5.74) is 2.56. The molecular weight excluding hydrogens is 473 g/mol. The second-order valence-electron chi connectivity index (χ2n) is 9.70. The third-order valence-electron chi connectivity index (χ3n) is 7.13. The second-order valence-corrected chi connectivity index (χ2v) is 9.70. The predicted molar refractivity (Wildman–Crippen MR) is 138 cm³/mol. The van der Waals surface area contributed by atoms with Crippen molar-refractivity contribution in [1.29, 1.82) is 5.26 Å². The zero-order chi connectivity index (χ0) is 25.9. The standard InChI is InChI=1S/C27H30FN7O2/c1-16-5-6-21(17(12-16)15-29)32-25-19-13-20(28)24(37-2)14-23(19)33-27(34-25)35-10-7-18(8-11-35)31-26(36)22-4-3-9-30-22/h5-6,12-14,18,22,30H,3-4,7-11H2,1-2H3,(H,31,36)(H,32,33,34)/p+1. The van der Waals surface area contributed by atoms with Crippen molar-refractivity contribution in [1.82, 2.24) is 15.3 Å². The highest BCUT2D eigenvalue weighted by molar-refractivity contribution is 5.93. The summed E-state index contributed by atoms with van der Waals surface area (Å²) in [6, 6.07) is 10.8. The molecule has 2 aliphatic heterocycles. The lowest BCUT2D eigenvalue weighted by atomic mass is 10.0. The number of hydrogen-bond donors (Lipinski definition) is 3. The summed E-state index contributed by atoms with van der Waals surface area (Å²) >= 11 is 0. The fourth-order valence-corrected chi connectivity index (χ4v) is 5.04. The number of aryl methyl sites for hydroxylation is 1. The number of hydrogen-bond acceptors (Lipinski definition) is 8. The van der Waals surface area contributed by atoms with Gasteiger partial charge in [0.1, 0.15) is 17.9 Å². The molecule has 0 spiro atoms. The Hall–Kier alpha value is -3.81. The van der Waals surface area contributed by atoms with Crippen molar-refractivity contribution in [2.24, 2.45) is 0 Å². The molecule has 9 nitrogen and oxygen atoms in total. The number of benzene rings is 2. The molecule has 1 aromatic heterocycles. The molecule has 0 bridgehead atoms. The van der Waals surface area contributed by atoms with E-state index >= 15 is 0 Å². The van der Waals surface area contributed by atoms with Gasteiger partial charge in [0.05, 0.1) is 29.9 Å². The van der Waals surface area contributed by atoms with Crippen LogP contribution in [0.4, 0.5) is 21.8 Å². The first-order valence-corrected chi connectivity index (χ1v) is 12.6. The van der Waals surface area contributed by atoms with Crippen molar-refractivity contribution in [3.63, 3.8) is 0 Å². The Morgan fingerprint density at radius 3 is 2.76 bits per heavy atom. The largest absolute Gasteiger partial charge is 0.494 e. The van der Waals surface area contributed by atoms with Crippen LogP contribution in [0, 0.1) is 24.1 Å². The number of quaternary nitrogens is 1. The average molecular weight is 505 g/mol. The van der Waals surface area contributed by atoms with Crippen molar-refractivity contribution < 1.29 is 19.2 Å². The topological polar surface area (TPSA) is 120 Å². The molecule has 37 heavy (non-hydrogen) atoms. The number of nitrogens with one attached hydrogen (secondary N) is 2. The monoisotopic (exact) mass is 504 g/mol. The molecule has 3 aromatic rings. The van der Waals surface area contributed by atoms with E-state index in [4.69, 9.17) is 14.7 Å². The number of nitrogens with zero attached hydrogens (tertiary/aromatic N) is 4. The van der Waals surface area contributed by atoms with E-state index in [0.717, 1.165) is 37.8 Å². The minimum Gasteiger partial charge on any atom is -0.494 e. The van der Waals surface area contributed by atoms with E-state index in [1.54, 1.807) is 12.1 Å². The fraction of sp³-hybridized carbons (Fsp3) is 0.407. The number of nitrogens with two attached hydrogens (primary N) is 1. The maximum absolute atomic E-state index is 14.6. The number of primary amides is 1. The Labute approximate surface area is 215 Å². The molecule has 1 amide bonds. The first kappa shape index (κ1) is 24.9. The van der Waals surface area contributed by atoms with Gasteiger partial charge in [0.15, 0.2) is 11.6 Å². The minimum atomic E-state index is -0.517. The summed E-state index contributed by atoms with van der Waals surface area (Å²) in [6.07, 6.45) is 3.61. The number of carbonyl (C=O) groups excluding carboxylic acids is 1. The number of halogens is 1. The molecule has 2 aliphatic rings. The molecular formula is C27H31FN7O2+. The molecule has 10 heteroatoms. The average Bonchev–Trinajstić information content (AvgIpc) is 3.45. The van der Waals surface area contributed by atoms with E-state index in [-0.39, 0.29) is 23.7 Å². The van der Waals surface area contributed by atoms with Crippen LogP contribution in [0.25, 0.3) is 10.9 Å². The van der Waals surface area contributed by atoms with E-state index in [1.807, 2.05) is 24.4 Å². The lowest BCUT2D eigenvalue weighted by molar-refractivity contribution is -0.609. The molecule has 2 fully saturated rings. The number of aromatic nitrogens is 2. The van der Waals surface area contributed by atoms with Crippen LogP contribution in [0.1, 0.15) is 36.8 Å². The SMILES string of the molecule is COc1cc2nc(N3CCC([NH2+]C(=O)C4CCCN4)CC3)nc(Nc3ccc(C)cc3C#N)c2cc1F. The highest BCUT2D eigenvalue weighted by atomic mass is 19.1. The number of carbonyl (C=O) groups is 1. The van der Waals surface area contributed by atoms with E-state index in [9.17, 15) is 14.4 Å². The van der Waals surface area contributed by atoms with Crippen LogP contribution >= 0.6 is 0 Å². The molecule has 192 valence electrons. The van der Waals surface area contributed by atoms with Gasteiger partial charge in [-0.1, -0.05) is 6.07 Å². The third kappa shape index (κ3) is 5.33. The lowest BCUT2D eigenvalue weighted by Crippen LogP contribution is -2.96. The Balaban J connectivity index is 1.41. The van der Waals surface area contributed by atoms with E-state index in [1.165, 1.54) is 13.2 Å². The van der Waals surface area contributed by atoms with Gasteiger partial charge in [0.25, 0.3) is 0 Å². The van der Waals surface area contributed by atoms with Crippen molar-refractivity contribution >= 4 is 34.3 Å². The molecule has 2 saturated heterocycles. The van der Waals surface area contributed by atoms with Gasteiger partial charge < -0.3 is 20.3 Å². The summed E-state index contributed by atoms with van der Waals surface area (Å²) < 4.78 is 19.8. The van der Waals surface area contributed by atoms with E-state index in [2.05, 4.69) is 21.6 Å². The van der Waals surface area contributed by atoms with Gasteiger partial charge in [-0.3, -0.25) is 5.32 Å². The van der Waals surface area contributed by atoms with Crippen molar-refractivity contribution in [3.8, 4) is 11.8 Å². The number of rotatable bonds is 6. The smallest absolute Gasteiger partial charge is 0.327 e. The van der Waals surface area contributed by atoms with Crippen LogP contribution < -0.4 is 25.6 Å². The van der Waals surface area contributed by atoms with Crippen molar-refractivity contribution in [2.45, 2.75) is 44.7 Å². The molecule has 2 aromatic carbocycles. The summed E-state index contributed by atoms with van der Waals surface area (Å²) in [6.45, 7) is 4.22. The summed E-state index contributed by atoms with van der Waals surface area (Å²) in [4.78, 5) is 24.1. The first-order chi connectivity index (χ1) is 17.9. The fourth-order valence-electron chi connectivity index (χ4n) is 5.04. The Morgan fingerprint density at radius 1 is 1.24 bits per heavy atom. The van der Waals surface area contributed by atoms with Gasteiger partial charge in [-0.25, -0.2) is 14.2 Å². The highest BCUT2D eigenvalue weighted by Crippen LogP contribution is 2.32. The second kappa shape index (κ2) is 10.7. The number of ether oxygens (including phenoxy) is 1. The van der Waals surface area contributed by atoms with Crippen LogP contribution in [-0.2, 0) is 4.79 Å². The van der Waals surface area contributed by atoms with Gasteiger partial charge in [-0.15, -0.1) is 0 Å². The lowest BCUT2D eigenvalue weighted by Gasteiger charge is -2.31. The minimum absolute atomic E-state index is 0.0362. The zero-order valence-corrected chi connectivity index (χ0v) is 21.1. The van der Waals surface area contributed by atoms with E-state index in [0.29, 0.717) is 47.0 Å². The van der Waals surface area contributed by atoms with Crippen molar-refractivity contribution in [2.75, 3.05) is 37.0 Å². The van der Waals surface area contributed by atoms with Crippen LogP contribution in [0.5, 0.6) is 5.75 Å². The summed E-state index contributed by atoms with van der Waals surface area (Å²) in [7, 11) is 1.42. The van der Waals surface area contributed by atoms with Gasteiger partial charge in [-0.05, 0) is 50.1 Å². The normalized spacial score (nSPS) is 18.1. The Bertz CT molecular complexity index is 1360. The van der Waals surface area contributed by atoms with Gasteiger partial charge >= 0.3 is 5.91 Å². The first-order valence-electron chi connectivity index (χ1n) is 12.6. The van der Waals surface area contributed by atoms with Gasteiger partial charge in [0, 0.05) is 37.4 Å². The number of nitriles is 1. The summed E-state index contributed by atoms with van der Waals surface area (Å²) in [5.74, 6) is 0.708. The number of piperidine rings is 1.